The molecule has 2 aliphatic carbocycles. The van der Waals surface area contributed by atoms with Crippen LogP contribution >= 0.6 is 11.9 Å². The monoisotopic (exact) mass is 605 g/mol. The highest BCUT2D eigenvalue weighted by Crippen LogP contribution is 2.51. The highest BCUT2D eigenvalue weighted by molar-refractivity contribution is 8.01. The summed E-state index contributed by atoms with van der Waals surface area (Å²) in [6.07, 6.45) is -1.56. The van der Waals surface area contributed by atoms with Gasteiger partial charge in [0.15, 0.2) is 11.5 Å². The molecule has 4 atom stereocenters. The van der Waals surface area contributed by atoms with Crippen LogP contribution < -0.4 is 18.5 Å². The second-order valence-corrected chi connectivity index (χ2v) is 13.6. The fourth-order valence-electron chi connectivity index (χ4n) is 5.02. The van der Waals surface area contributed by atoms with Crippen LogP contribution in [0.2, 0.25) is 0 Å². The molecular formula is C29H30F3N3O4S2. The van der Waals surface area contributed by atoms with E-state index in [1.54, 1.807) is 0 Å². The second-order valence-electron chi connectivity index (χ2n) is 10.4. The molecule has 0 amide bonds. The zero-order chi connectivity index (χ0) is 28.6. The van der Waals surface area contributed by atoms with Gasteiger partial charge in [0, 0.05) is 6.04 Å². The molecule has 0 bridgehead atoms. The fraction of sp³-hybridized carbons (Fsp3) is 0.379. The SMILES string of the molecule is O=S(=NCC1CC1)(N[C@H]1CCCC(SN2c3ccccc3Oc3ccccc32)[C@@H]1O)c1ccc(OC(F)(F)F)cc1. The lowest BCUT2D eigenvalue weighted by Crippen LogP contribution is -2.50. The van der Waals surface area contributed by atoms with Crippen LogP contribution in [-0.4, -0.2) is 39.6 Å². The summed E-state index contributed by atoms with van der Waals surface area (Å²) in [4.78, 5) is 0.255. The van der Waals surface area contributed by atoms with E-state index in [1.807, 2.05) is 48.5 Å². The third-order valence-electron chi connectivity index (χ3n) is 7.33. The van der Waals surface area contributed by atoms with E-state index in [9.17, 15) is 22.5 Å². The van der Waals surface area contributed by atoms with E-state index in [0.717, 1.165) is 60.7 Å². The Morgan fingerprint density at radius 3 is 2.22 bits per heavy atom. The molecule has 2 N–H and O–H groups in total. The van der Waals surface area contributed by atoms with Gasteiger partial charge in [-0.05, 0) is 92.1 Å². The maximum absolute atomic E-state index is 14.3. The molecule has 2 fully saturated rings. The topological polar surface area (TPSA) is 83.4 Å². The first-order valence-corrected chi connectivity index (χ1v) is 15.9. The summed E-state index contributed by atoms with van der Waals surface area (Å²) in [6.45, 7) is 0.384. The van der Waals surface area contributed by atoms with Crippen LogP contribution in [0, 0.1) is 5.92 Å². The fourth-order valence-corrected chi connectivity index (χ4v) is 8.36. The third-order valence-corrected chi connectivity index (χ3v) is 10.8. The average Bonchev–Trinajstić information content (AvgIpc) is 3.78. The molecule has 0 aromatic heterocycles. The van der Waals surface area contributed by atoms with Gasteiger partial charge in [0.2, 0.25) is 0 Å². The average molecular weight is 606 g/mol. The number of nitrogens with one attached hydrogen (secondary N) is 1. The molecule has 1 aliphatic heterocycles. The number of fused-ring (bicyclic) bond motifs is 2. The minimum absolute atomic E-state index is 0.227. The van der Waals surface area contributed by atoms with Crippen molar-refractivity contribution >= 4 is 33.2 Å². The van der Waals surface area contributed by atoms with Gasteiger partial charge in [0.05, 0.1) is 34.2 Å². The van der Waals surface area contributed by atoms with Gasteiger partial charge in [-0.15, -0.1) is 13.2 Å². The molecule has 3 aromatic carbocycles. The Bertz CT molecular complexity index is 1460. The van der Waals surface area contributed by atoms with Gasteiger partial charge in [-0.25, -0.2) is 13.3 Å². The molecule has 0 radical (unpaired) electrons. The normalized spacial score (nSPS) is 23.5. The summed E-state index contributed by atoms with van der Waals surface area (Å²) < 4.78 is 72.1. The highest BCUT2D eigenvalue weighted by atomic mass is 32.2. The van der Waals surface area contributed by atoms with Gasteiger partial charge in [-0.1, -0.05) is 30.7 Å². The Hall–Kier alpha value is -2.93. The lowest BCUT2D eigenvalue weighted by atomic mass is 9.93. The second kappa shape index (κ2) is 11.4. The number of benzene rings is 3. The standard InChI is InChI=1S/C29H30F3N3O4S2/c30-29(31,32)39-20-14-16-21(17-15-20)41(37,33-18-19-12-13-19)34-22-6-5-11-27(28(22)36)40-35-23-7-1-3-9-25(23)38-26-10-4-2-8-24(26)35/h1-4,7-10,14-17,19,22,27-28,36H,5-6,11-13,18H2,(H,33,34,37)/t22-,27?,28+,41?/m0/s1. The summed E-state index contributed by atoms with van der Waals surface area (Å²) in [5.41, 5.74) is 1.76. The lowest BCUT2D eigenvalue weighted by Gasteiger charge is -2.39. The maximum Gasteiger partial charge on any atom is 0.573 e. The number of ether oxygens (including phenoxy) is 2. The Kier molecular flexibility index (Phi) is 7.84. The van der Waals surface area contributed by atoms with Gasteiger partial charge in [-0.2, -0.15) is 0 Å². The number of para-hydroxylation sites is 4. The Balaban J connectivity index is 1.24. The van der Waals surface area contributed by atoms with Crippen LogP contribution in [-0.2, 0) is 9.92 Å². The molecule has 0 spiro atoms. The van der Waals surface area contributed by atoms with E-state index in [1.165, 1.54) is 24.1 Å². The van der Waals surface area contributed by atoms with Crippen molar-refractivity contribution in [2.24, 2.45) is 10.3 Å². The van der Waals surface area contributed by atoms with Crippen molar-refractivity contribution in [1.82, 2.24) is 4.72 Å². The summed E-state index contributed by atoms with van der Waals surface area (Å²) in [5.74, 6) is 1.40. The third kappa shape index (κ3) is 6.45. The number of aliphatic hydroxyl groups is 1. The van der Waals surface area contributed by atoms with E-state index >= 15 is 0 Å². The van der Waals surface area contributed by atoms with E-state index in [-0.39, 0.29) is 10.1 Å². The summed E-state index contributed by atoms with van der Waals surface area (Å²) in [7, 11) is -3.23. The molecule has 41 heavy (non-hydrogen) atoms. The molecule has 0 saturated heterocycles. The van der Waals surface area contributed by atoms with Crippen molar-refractivity contribution in [1.29, 1.82) is 0 Å². The van der Waals surface area contributed by atoms with E-state index in [4.69, 9.17) is 4.74 Å². The summed E-state index contributed by atoms with van der Waals surface area (Å²) in [6, 6.07) is 19.9. The van der Waals surface area contributed by atoms with Crippen molar-refractivity contribution in [3.8, 4) is 17.2 Å². The molecule has 2 unspecified atom stereocenters. The van der Waals surface area contributed by atoms with Crippen molar-refractivity contribution < 1.29 is 32.0 Å². The predicted molar refractivity (Wildman–Crippen MR) is 153 cm³/mol. The Labute approximate surface area is 241 Å². The van der Waals surface area contributed by atoms with E-state index in [2.05, 4.69) is 18.1 Å². The van der Waals surface area contributed by atoms with Gasteiger partial charge < -0.3 is 14.6 Å². The molecule has 3 aliphatic rings. The van der Waals surface area contributed by atoms with Gasteiger partial charge in [-0.3, -0.25) is 4.31 Å². The number of anilines is 2. The van der Waals surface area contributed by atoms with E-state index in [0.29, 0.717) is 18.9 Å². The number of nitrogens with zero attached hydrogens (tertiary/aromatic N) is 2. The van der Waals surface area contributed by atoms with Crippen molar-refractivity contribution in [3.05, 3.63) is 72.8 Å². The number of hydrogen-bond donors (Lipinski definition) is 2. The molecule has 3 aromatic rings. The maximum atomic E-state index is 14.3. The zero-order valence-corrected chi connectivity index (χ0v) is 23.6. The quantitative estimate of drug-likeness (QED) is 0.264. The molecular weight excluding hydrogens is 575 g/mol. The van der Waals surface area contributed by atoms with Crippen molar-refractivity contribution in [2.45, 2.75) is 60.8 Å². The number of halogens is 3. The first-order valence-electron chi connectivity index (χ1n) is 13.6. The lowest BCUT2D eigenvalue weighted by molar-refractivity contribution is -0.274. The van der Waals surface area contributed by atoms with Crippen molar-refractivity contribution in [2.75, 3.05) is 10.8 Å². The van der Waals surface area contributed by atoms with Crippen LogP contribution in [0.5, 0.6) is 17.2 Å². The minimum Gasteiger partial charge on any atom is -0.453 e. The van der Waals surface area contributed by atoms with Gasteiger partial charge in [0.1, 0.15) is 15.7 Å². The van der Waals surface area contributed by atoms with Crippen molar-refractivity contribution in [3.63, 3.8) is 0 Å². The summed E-state index contributed by atoms with van der Waals surface area (Å²) >= 11 is 1.51. The molecule has 2 saturated carbocycles. The number of rotatable bonds is 8. The first-order chi connectivity index (χ1) is 19.7. The zero-order valence-electron chi connectivity index (χ0n) is 22.0. The van der Waals surface area contributed by atoms with Gasteiger partial charge >= 0.3 is 6.36 Å². The highest BCUT2D eigenvalue weighted by Gasteiger charge is 2.38. The largest absolute Gasteiger partial charge is 0.573 e. The smallest absolute Gasteiger partial charge is 0.453 e. The molecule has 7 nitrogen and oxygen atoms in total. The molecule has 1 heterocycles. The summed E-state index contributed by atoms with van der Waals surface area (Å²) in [5, 5.41) is 11.3. The molecule has 12 heteroatoms. The van der Waals surface area contributed by atoms with Gasteiger partial charge in [0.25, 0.3) is 0 Å². The first kappa shape index (κ1) is 28.2. The number of aliphatic hydroxyl groups excluding tert-OH is 1. The van der Waals surface area contributed by atoms with E-state index < -0.39 is 34.2 Å². The Morgan fingerprint density at radius 2 is 1.61 bits per heavy atom. The number of hydrogen-bond acceptors (Lipinski definition) is 7. The van der Waals surface area contributed by atoms with Crippen LogP contribution in [0.15, 0.2) is 82.1 Å². The number of alkyl halides is 3. The minimum atomic E-state index is -4.82. The van der Waals surface area contributed by atoms with Crippen LogP contribution in [0.4, 0.5) is 24.5 Å². The molecule has 6 rings (SSSR count). The predicted octanol–water partition coefficient (Wildman–Crippen LogP) is 7.20. The van der Waals surface area contributed by atoms with Crippen LogP contribution in [0.25, 0.3) is 0 Å². The van der Waals surface area contributed by atoms with Crippen LogP contribution in [0.3, 0.4) is 0 Å². The Morgan fingerprint density at radius 1 is 0.976 bits per heavy atom. The van der Waals surface area contributed by atoms with Crippen LogP contribution in [0.1, 0.15) is 32.1 Å². The molecule has 218 valence electrons.